The molecular weight excluding hydrogens is 443 g/mol. The van der Waals surface area contributed by atoms with Crippen LogP contribution in [-0.4, -0.2) is 24.9 Å². The fraction of sp³-hybridized carbons (Fsp3) is 0.308. The summed E-state index contributed by atoms with van der Waals surface area (Å²) in [5.74, 6) is -0.165. The number of rotatable bonds is 13. The van der Waals surface area contributed by atoms with E-state index in [2.05, 4.69) is 10.6 Å². The molecule has 0 aliphatic heterocycles. The van der Waals surface area contributed by atoms with Crippen LogP contribution in [0.15, 0.2) is 60.7 Å². The maximum absolute atomic E-state index is 11.8. The molecule has 4 nitrogen and oxygen atoms in total. The van der Waals surface area contributed by atoms with Crippen molar-refractivity contribution in [2.24, 2.45) is 0 Å². The van der Waals surface area contributed by atoms with Crippen LogP contribution in [0, 0.1) is 0 Å². The fourth-order valence-electron chi connectivity index (χ4n) is 2.99. The summed E-state index contributed by atoms with van der Waals surface area (Å²) in [4.78, 5) is 23.6. The zero-order valence-electron chi connectivity index (χ0n) is 18.2. The van der Waals surface area contributed by atoms with Gasteiger partial charge in [-0.1, -0.05) is 73.2 Å². The summed E-state index contributed by atoms with van der Waals surface area (Å²) in [6, 6.07) is 14.7. The van der Waals surface area contributed by atoms with Crippen molar-refractivity contribution in [2.45, 2.75) is 38.5 Å². The first-order valence-corrected chi connectivity index (χ1v) is 11.7. The van der Waals surface area contributed by atoms with E-state index in [-0.39, 0.29) is 11.8 Å². The van der Waals surface area contributed by atoms with Gasteiger partial charge in [-0.2, -0.15) is 0 Å². The summed E-state index contributed by atoms with van der Waals surface area (Å²) >= 11 is 11.7. The lowest BCUT2D eigenvalue weighted by Gasteiger charge is -2.04. The summed E-state index contributed by atoms with van der Waals surface area (Å²) in [7, 11) is 0. The van der Waals surface area contributed by atoms with Gasteiger partial charge in [0.25, 0.3) is 0 Å². The Balaban J connectivity index is 1.42. The third-order valence-electron chi connectivity index (χ3n) is 4.80. The van der Waals surface area contributed by atoms with Crippen molar-refractivity contribution in [2.75, 3.05) is 13.1 Å². The van der Waals surface area contributed by atoms with Gasteiger partial charge >= 0.3 is 0 Å². The van der Waals surface area contributed by atoms with Gasteiger partial charge in [-0.15, -0.1) is 0 Å². The van der Waals surface area contributed by atoms with Crippen LogP contribution in [0.2, 0.25) is 10.0 Å². The number of carbonyl (C=O) groups excluding carboxylic acids is 2. The Kier molecular flexibility index (Phi) is 12.3. The number of benzene rings is 2. The number of unbranched alkanes of at least 4 members (excludes halogenated alkanes) is 5. The number of amides is 2. The molecule has 0 unspecified atom stereocenters. The lowest BCUT2D eigenvalue weighted by atomic mass is 10.1. The molecule has 2 aromatic carbocycles. The monoisotopic (exact) mass is 472 g/mol. The molecule has 2 rings (SSSR count). The number of nitrogens with one attached hydrogen (secondary N) is 2. The van der Waals surface area contributed by atoms with Crippen molar-refractivity contribution in [3.8, 4) is 0 Å². The average molecular weight is 473 g/mol. The van der Waals surface area contributed by atoms with Crippen LogP contribution < -0.4 is 10.6 Å². The molecule has 0 saturated carbocycles. The first-order valence-electron chi connectivity index (χ1n) is 11.0. The second-order valence-corrected chi connectivity index (χ2v) is 8.35. The highest BCUT2D eigenvalue weighted by molar-refractivity contribution is 6.30. The van der Waals surface area contributed by atoms with Crippen LogP contribution in [0.5, 0.6) is 0 Å². The first kappa shape index (κ1) is 25.7. The molecule has 0 heterocycles. The lowest BCUT2D eigenvalue weighted by molar-refractivity contribution is -0.117. The Labute approximate surface area is 200 Å². The fourth-order valence-corrected chi connectivity index (χ4v) is 3.24. The van der Waals surface area contributed by atoms with Gasteiger partial charge in [-0.3, -0.25) is 9.59 Å². The Morgan fingerprint density at radius 1 is 0.594 bits per heavy atom. The number of halogens is 2. The highest BCUT2D eigenvalue weighted by Crippen LogP contribution is 2.11. The molecule has 2 N–H and O–H groups in total. The molecule has 0 saturated heterocycles. The zero-order valence-corrected chi connectivity index (χ0v) is 19.7. The molecule has 0 bridgehead atoms. The minimum absolute atomic E-state index is 0.0826. The Morgan fingerprint density at radius 3 is 1.31 bits per heavy atom. The number of hydrogen-bond donors (Lipinski definition) is 2. The lowest BCUT2D eigenvalue weighted by Crippen LogP contribution is -2.22. The van der Waals surface area contributed by atoms with E-state index in [1.807, 2.05) is 24.3 Å². The van der Waals surface area contributed by atoms with E-state index in [0.29, 0.717) is 23.1 Å². The maximum atomic E-state index is 11.8. The standard InChI is InChI=1S/C26H30Cl2N2O2/c27-23-13-7-21(8-14-23)11-17-25(31)29-19-5-3-1-2-4-6-20-30-26(32)18-12-22-9-15-24(28)16-10-22/h7-18H,1-6,19-20H2,(H,29,31)(H,30,32)/b17-11+,18-12+. The van der Waals surface area contributed by atoms with Crippen LogP contribution in [0.4, 0.5) is 0 Å². The molecule has 2 aromatic rings. The largest absolute Gasteiger partial charge is 0.353 e. The summed E-state index contributed by atoms with van der Waals surface area (Å²) in [5.41, 5.74) is 1.89. The third kappa shape index (κ3) is 11.7. The quantitative estimate of drug-likeness (QED) is 0.265. The van der Waals surface area contributed by atoms with E-state index in [0.717, 1.165) is 49.7 Å². The van der Waals surface area contributed by atoms with Crippen LogP contribution in [0.1, 0.15) is 49.7 Å². The second kappa shape index (κ2) is 15.3. The van der Waals surface area contributed by atoms with Crippen molar-refractivity contribution in [1.29, 1.82) is 0 Å². The van der Waals surface area contributed by atoms with Gasteiger partial charge in [0.05, 0.1) is 0 Å². The van der Waals surface area contributed by atoms with Crippen molar-refractivity contribution in [3.05, 3.63) is 81.9 Å². The van der Waals surface area contributed by atoms with Gasteiger partial charge in [0.2, 0.25) is 11.8 Å². The van der Waals surface area contributed by atoms with Crippen molar-refractivity contribution < 1.29 is 9.59 Å². The van der Waals surface area contributed by atoms with E-state index in [1.54, 1.807) is 48.6 Å². The maximum Gasteiger partial charge on any atom is 0.243 e. The molecule has 32 heavy (non-hydrogen) atoms. The molecule has 0 radical (unpaired) electrons. The molecule has 170 valence electrons. The predicted octanol–water partition coefficient (Wildman–Crippen LogP) is 6.29. The van der Waals surface area contributed by atoms with Crippen LogP contribution in [0.3, 0.4) is 0 Å². The van der Waals surface area contributed by atoms with E-state index >= 15 is 0 Å². The van der Waals surface area contributed by atoms with Gasteiger partial charge < -0.3 is 10.6 Å². The molecule has 2 amide bonds. The first-order chi connectivity index (χ1) is 15.5. The molecule has 6 heteroatoms. The van der Waals surface area contributed by atoms with Crippen LogP contribution >= 0.6 is 23.2 Å². The van der Waals surface area contributed by atoms with Crippen molar-refractivity contribution in [1.82, 2.24) is 10.6 Å². The summed E-state index contributed by atoms with van der Waals surface area (Å²) in [6.07, 6.45) is 13.0. The summed E-state index contributed by atoms with van der Waals surface area (Å²) < 4.78 is 0. The molecule has 0 atom stereocenters. The normalized spacial score (nSPS) is 11.2. The van der Waals surface area contributed by atoms with Crippen LogP contribution in [0.25, 0.3) is 12.2 Å². The van der Waals surface area contributed by atoms with Gasteiger partial charge in [0.15, 0.2) is 0 Å². The topological polar surface area (TPSA) is 58.2 Å². The van der Waals surface area contributed by atoms with Crippen molar-refractivity contribution in [3.63, 3.8) is 0 Å². The summed E-state index contributed by atoms with van der Waals surface area (Å²) in [6.45, 7) is 1.36. The van der Waals surface area contributed by atoms with E-state index in [1.165, 1.54) is 0 Å². The SMILES string of the molecule is O=C(/C=C/c1ccc(Cl)cc1)NCCCCCCCCNC(=O)/C=C/c1ccc(Cl)cc1. The average Bonchev–Trinajstić information content (AvgIpc) is 2.79. The van der Waals surface area contributed by atoms with E-state index in [9.17, 15) is 9.59 Å². The number of hydrogen-bond acceptors (Lipinski definition) is 2. The molecule has 0 spiro atoms. The Bertz CT molecular complexity index is 816. The molecule has 0 fully saturated rings. The Hall–Kier alpha value is -2.56. The second-order valence-electron chi connectivity index (χ2n) is 7.47. The molecule has 0 aromatic heterocycles. The van der Waals surface area contributed by atoms with Crippen LogP contribution in [-0.2, 0) is 9.59 Å². The molecular formula is C26H30Cl2N2O2. The minimum atomic E-state index is -0.0826. The third-order valence-corrected chi connectivity index (χ3v) is 5.30. The minimum Gasteiger partial charge on any atom is -0.353 e. The smallest absolute Gasteiger partial charge is 0.243 e. The van der Waals surface area contributed by atoms with Gasteiger partial charge in [0.1, 0.15) is 0 Å². The molecule has 0 aliphatic carbocycles. The van der Waals surface area contributed by atoms with Gasteiger partial charge in [0, 0.05) is 35.3 Å². The van der Waals surface area contributed by atoms with E-state index < -0.39 is 0 Å². The zero-order chi connectivity index (χ0) is 23.0. The molecule has 0 aliphatic rings. The van der Waals surface area contributed by atoms with Crippen molar-refractivity contribution >= 4 is 47.2 Å². The van der Waals surface area contributed by atoms with E-state index in [4.69, 9.17) is 23.2 Å². The van der Waals surface area contributed by atoms with Gasteiger partial charge in [-0.05, 0) is 60.4 Å². The number of carbonyl (C=O) groups is 2. The Morgan fingerprint density at radius 2 is 0.938 bits per heavy atom. The highest BCUT2D eigenvalue weighted by Gasteiger charge is 1.98. The van der Waals surface area contributed by atoms with Gasteiger partial charge in [-0.25, -0.2) is 0 Å². The highest BCUT2D eigenvalue weighted by atomic mass is 35.5. The predicted molar refractivity (Wildman–Crippen MR) is 135 cm³/mol. The summed E-state index contributed by atoms with van der Waals surface area (Å²) in [5, 5.41) is 7.16.